The summed E-state index contributed by atoms with van der Waals surface area (Å²) in [5.74, 6) is 0.556. The maximum Gasteiger partial charge on any atom is 0.0591 e. The number of halogens is 2. The van der Waals surface area contributed by atoms with Crippen LogP contribution in [-0.4, -0.2) is 11.9 Å². The Morgan fingerprint density at radius 3 is 2.89 bits per heavy atom. The van der Waals surface area contributed by atoms with Crippen molar-refractivity contribution in [3.8, 4) is 0 Å². The second kappa shape index (κ2) is 3.14. The third-order valence-electron chi connectivity index (χ3n) is 1.08. The molecular weight excluding hydrogens is 157 g/mol. The first kappa shape index (κ1) is 6.97. The van der Waals surface area contributed by atoms with Gasteiger partial charge < -0.3 is 5.32 Å². The second-order valence-electron chi connectivity index (χ2n) is 1.81. The van der Waals surface area contributed by atoms with E-state index < -0.39 is 0 Å². The van der Waals surface area contributed by atoms with Gasteiger partial charge >= 0.3 is 0 Å². The molecule has 0 unspecified atom stereocenters. The molecule has 50 valence electrons. The number of allylic oxidation sites excluding steroid dienone is 2. The summed E-state index contributed by atoms with van der Waals surface area (Å²) in [6, 6.07) is 0.198. The zero-order valence-corrected chi connectivity index (χ0v) is 6.28. The van der Waals surface area contributed by atoms with Crippen molar-refractivity contribution in [3.05, 3.63) is 23.4 Å². The third kappa shape index (κ3) is 1.92. The van der Waals surface area contributed by atoms with Crippen LogP contribution < -0.4 is 5.32 Å². The van der Waals surface area contributed by atoms with Crippen molar-refractivity contribution in [3.63, 3.8) is 0 Å². The Hall–Kier alpha value is -0.140. The smallest absolute Gasteiger partial charge is 0.0591 e. The maximum atomic E-state index is 5.67. The molecule has 1 atom stereocenters. The van der Waals surface area contributed by atoms with Crippen LogP contribution in [0.3, 0.4) is 0 Å². The van der Waals surface area contributed by atoms with Gasteiger partial charge in [0.05, 0.1) is 6.04 Å². The summed E-state index contributed by atoms with van der Waals surface area (Å²) in [7, 11) is 0. The summed E-state index contributed by atoms with van der Waals surface area (Å²) in [5.41, 5.74) is 0. The van der Waals surface area contributed by atoms with Crippen molar-refractivity contribution in [1.29, 1.82) is 0 Å². The minimum absolute atomic E-state index is 0.198. The zero-order chi connectivity index (χ0) is 6.69. The fraction of sp³-hybridized carbons (Fsp3) is 0.333. The minimum Gasteiger partial charge on any atom is -0.383 e. The summed E-state index contributed by atoms with van der Waals surface area (Å²) >= 11 is 11.2. The maximum absolute atomic E-state index is 5.67. The molecular formula is C6H7Cl2N. The summed E-state index contributed by atoms with van der Waals surface area (Å²) in [4.78, 5) is 0. The average molecular weight is 164 g/mol. The molecule has 0 aliphatic carbocycles. The van der Waals surface area contributed by atoms with Gasteiger partial charge in [0.1, 0.15) is 0 Å². The fourth-order valence-electron chi connectivity index (χ4n) is 0.636. The van der Waals surface area contributed by atoms with E-state index in [9.17, 15) is 0 Å². The van der Waals surface area contributed by atoms with Crippen molar-refractivity contribution in [2.45, 2.75) is 6.04 Å². The van der Waals surface area contributed by atoms with Crippen molar-refractivity contribution < 1.29 is 0 Å². The van der Waals surface area contributed by atoms with Gasteiger partial charge in [0.2, 0.25) is 0 Å². The summed E-state index contributed by atoms with van der Waals surface area (Å²) < 4.78 is 0. The van der Waals surface area contributed by atoms with Crippen LogP contribution in [-0.2, 0) is 0 Å². The van der Waals surface area contributed by atoms with E-state index in [2.05, 4.69) is 5.32 Å². The highest BCUT2D eigenvalue weighted by Crippen LogP contribution is 2.09. The van der Waals surface area contributed by atoms with E-state index in [4.69, 9.17) is 23.2 Å². The summed E-state index contributed by atoms with van der Waals surface area (Å²) in [5, 5.41) is 3.78. The molecule has 0 spiro atoms. The minimum atomic E-state index is 0.198. The number of dihydropyridines is 1. The van der Waals surface area contributed by atoms with Crippen LogP contribution in [0.15, 0.2) is 23.4 Å². The first-order valence-electron chi connectivity index (χ1n) is 2.69. The lowest BCUT2D eigenvalue weighted by atomic mass is 10.2. The number of hydrogen-bond acceptors (Lipinski definition) is 1. The van der Waals surface area contributed by atoms with Crippen LogP contribution in [0.1, 0.15) is 0 Å². The van der Waals surface area contributed by atoms with E-state index in [-0.39, 0.29) is 6.04 Å². The van der Waals surface area contributed by atoms with E-state index in [1.165, 1.54) is 0 Å². The Bertz CT molecular complexity index is 151. The Balaban J connectivity index is 2.55. The van der Waals surface area contributed by atoms with Gasteiger partial charge in [0.15, 0.2) is 0 Å². The summed E-state index contributed by atoms with van der Waals surface area (Å²) in [6.07, 6.45) is 5.48. The molecule has 1 rings (SSSR count). The molecule has 0 fully saturated rings. The molecule has 3 heteroatoms. The highest BCUT2D eigenvalue weighted by atomic mass is 35.5. The monoisotopic (exact) mass is 163 g/mol. The number of alkyl halides is 1. The van der Waals surface area contributed by atoms with Gasteiger partial charge in [0, 0.05) is 10.9 Å². The van der Waals surface area contributed by atoms with Crippen molar-refractivity contribution in [2.24, 2.45) is 0 Å². The molecule has 0 amide bonds. The lowest BCUT2D eigenvalue weighted by Crippen LogP contribution is -2.25. The Morgan fingerprint density at radius 1 is 1.67 bits per heavy atom. The van der Waals surface area contributed by atoms with Gasteiger partial charge in [-0.15, -0.1) is 11.6 Å². The van der Waals surface area contributed by atoms with Gasteiger partial charge in [-0.3, -0.25) is 0 Å². The first-order valence-corrected chi connectivity index (χ1v) is 3.60. The Morgan fingerprint density at radius 2 is 2.44 bits per heavy atom. The highest BCUT2D eigenvalue weighted by Gasteiger charge is 2.03. The molecule has 0 aromatic carbocycles. The molecule has 1 aliphatic rings. The third-order valence-corrected chi connectivity index (χ3v) is 1.66. The van der Waals surface area contributed by atoms with Gasteiger partial charge in [-0.25, -0.2) is 0 Å². The molecule has 0 saturated heterocycles. The van der Waals surface area contributed by atoms with Crippen LogP contribution in [0.2, 0.25) is 0 Å². The van der Waals surface area contributed by atoms with E-state index in [1.54, 1.807) is 12.3 Å². The fourth-order valence-corrected chi connectivity index (χ4v) is 1.03. The van der Waals surface area contributed by atoms with Crippen LogP contribution in [0.4, 0.5) is 0 Å². The van der Waals surface area contributed by atoms with E-state index in [1.807, 2.05) is 6.08 Å². The molecule has 0 saturated carbocycles. The van der Waals surface area contributed by atoms with E-state index in [0.717, 1.165) is 5.03 Å². The second-order valence-corrected chi connectivity index (χ2v) is 2.56. The first-order chi connectivity index (χ1) is 4.33. The molecule has 1 aliphatic heterocycles. The zero-order valence-electron chi connectivity index (χ0n) is 4.77. The molecule has 1 nitrogen and oxygen atoms in total. The normalized spacial score (nSPS) is 25.1. The topological polar surface area (TPSA) is 12.0 Å². The lowest BCUT2D eigenvalue weighted by Gasteiger charge is -2.12. The molecule has 1 N–H and O–H groups in total. The average Bonchev–Trinajstić information content (AvgIpc) is 1.88. The number of nitrogens with one attached hydrogen (secondary N) is 1. The lowest BCUT2D eigenvalue weighted by molar-refractivity contribution is 0.765. The molecule has 0 radical (unpaired) electrons. The number of rotatable bonds is 1. The molecule has 0 aromatic rings. The quantitative estimate of drug-likeness (QED) is 0.583. The van der Waals surface area contributed by atoms with Crippen LogP contribution in [0.25, 0.3) is 0 Å². The van der Waals surface area contributed by atoms with Gasteiger partial charge in [0.25, 0.3) is 0 Å². The van der Waals surface area contributed by atoms with E-state index >= 15 is 0 Å². The summed E-state index contributed by atoms with van der Waals surface area (Å²) in [6.45, 7) is 0. The number of hydrogen-bond donors (Lipinski definition) is 1. The van der Waals surface area contributed by atoms with Crippen LogP contribution in [0.5, 0.6) is 0 Å². The molecule has 0 aromatic heterocycles. The SMILES string of the molecule is ClC[C@@H]1C=C(Cl)C=CN1. The van der Waals surface area contributed by atoms with E-state index in [0.29, 0.717) is 5.88 Å². The van der Waals surface area contributed by atoms with Gasteiger partial charge in [-0.2, -0.15) is 0 Å². The standard InChI is InChI=1S/C6H7Cl2N/c7-4-6-3-5(8)1-2-9-6/h1-3,6,9H,4H2/t6-/m0/s1. The van der Waals surface area contributed by atoms with Gasteiger partial charge in [-0.05, 0) is 18.4 Å². The Kier molecular flexibility index (Phi) is 2.43. The molecule has 9 heavy (non-hydrogen) atoms. The predicted molar refractivity (Wildman–Crippen MR) is 40.7 cm³/mol. The van der Waals surface area contributed by atoms with Crippen molar-refractivity contribution in [1.82, 2.24) is 5.32 Å². The largest absolute Gasteiger partial charge is 0.383 e. The van der Waals surface area contributed by atoms with Crippen molar-refractivity contribution in [2.75, 3.05) is 5.88 Å². The van der Waals surface area contributed by atoms with Crippen LogP contribution >= 0.6 is 23.2 Å². The van der Waals surface area contributed by atoms with Crippen molar-refractivity contribution >= 4 is 23.2 Å². The Labute approximate surface area is 64.3 Å². The highest BCUT2D eigenvalue weighted by molar-refractivity contribution is 6.31. The van der Waals surface area contributed by atoms with Crippen LogP contribution in [0, 0.1) is 0 Å². The van der Waals surface area contributed by atoms with Gasteiger partial charge in [-0.1, -0.05) is 11.6 Å². The predicted octanol–water partition coefficient (Wildman–Crippen LogP) is 1.83. The molecule has 0 bridgehead atoms. The molecule has 1 heterocycles.